The predicted molar refractivity (Wildman–Crippen MR) is 51.2 cm³/mol. The van der Waals surface area contributed by atoms with Gasteiger partial charge in [0, 0.05) is 5.02 Å². The molecule has 0 radical (unpaired) electrons. The minimum absolute atomic E-state index is 0.0376. The fourth-order valence-corrected chi connectivity index (χ4v) is 1.85. The minimum Gasteiger partial charge on any atom is -0.298 e. The first-order valence-corrected chi connectivity index (χ1v) is 4.32. The molecule has 0 fully saturated rings. The molecule has 1 aromatic rings. The number of hydrogen-bond donors (Lipinski definition) is 0. The Labute approximate surface area is 86.8 Å². The molecule has 68 valence electrons. The Morgan fingerprint density at radius 3 is 2.62 bits per heavy atom. The van der Waals surface area contributed by atoms with Crippen LogP contribution in [0.4, 0.5) is 5.69 Å². The Balaban J connectivity index is 3.47. The first-order chi connectivity index (χ1) is 6.06. The van der Waals surface area contributed by atoms with E-state index < -0.39 is 4.92 Å². The van der Waals surface area contributed by atoms with Crippen LogP contribution in [0.2, 0.25) is 5.02 Å². The molecule has 0 saturated heterocycles. The van der Waals surface area contributed by atoms with E-state index in [1.807, 2.05) is 0 Å². The van der Waals surface area contributed by atoms with Crippen molar-refractivity contribution in [3.8, 4) is 0 Å². The molecular weight excluding hydrogens is 261 g/mol. The van der Waals surface area contributed by atoms with Crippen molar-refractivity contribution in [2.24, 2.45) is 0 Å². The van der Waals surface area contributed by atoms with Crippen molar-refractivity contribution in [1.29, 1.82) is 0 Å². The summed E-state index contributed by atoms with van der Waals surface area (Å²) in [7, 11) is 0. The SMILES string of the molecule is O=Cc1cc(Cl)cc(Br)c1[N+](=O)[O-]. The van der Waals surface area contributed by atoms with Gasteiger partial charge in [0.1, 0.15) is 0 Å². The number of aldehydes is 1. The zero-order chi connectivity index (χ0) is 10.0. The highest BCUT2D eigenvalue weighted by Gasteiger charge is 2.18. The Hall–Kier alpha value is -0.940. The second-order valence-electron chi connectivity index (χ2n) is 2.20. The summed E-state index contributed by atoms with van der Waals surface area (Å²) < 4.78 is 0.201. The molecule has 6 heteroatoms. The largest absolute Gasteiger partial charge is 0.298 e. The first kappa shape index (κ1) is 10.1. The smallest absolute Gasteiger partial charge is 0.294 e. The monoisotopic (exact) mass is 263 g/mol. The second kappa shape index (κ2) is 3.85. The predicted octanol–water partition coefficient (Wildman–Crippen LogP) is 2.82. The number of benzene rings is 1. The number of carbonyl (C=O) groups excluding carboxylic acids is 1. The molecule has 0 heterocycles. The van der Waals surface area contributed by atoms with Gasteiger partial charge < -0.3 is 0 Å². The number of hydrogen-bond acceptors (Lipinski definition) is 3. The lowest BCUT2D eigenvalue weighted by Gasteiger charge is -1.98. The Morgan fingerprint density at radius 1 is 1.54 bits per heavy atom. The molecule has 0 saturated carbocycles. The van der Waals surface area contributed by atoms with Gasteiger partial charge in [-0.2, -0.15) is 0 Å². The van der Waals surface area contributed by atoms with Crippen LogP contribution in [-0.2, 0) is 0 Å². The van der Waals surface area contributed by atoms with Crippen molar-refractivity contribution in [3.63, 3.8) is 0 Å². The van der Waals surface area contributed by atoms with E-state index in [9.17, 15) is 14.9 Å². The summed E-state index contributed by atoms with van der Waals surface area (Å²) >= 11 is 8.55. The minimum atomic E-state index is -0.635. The van der Waals surface area contributed by atoms with E-state index in [2.05, 4.69) is 15.9 Å². The van der Waals surface area contributed by atoms with Crippen LogP contribution in [0.15, 0.2) is 16.6 Å². The van der Waals surface area contributed by atoms with Crippen LogP contribution < -0.4 is 0 Å². The van der Waals surface area contributed by atoms with Gasteiger partial charge in [-0.3, -0.25) is 14.9 Å². The van der Waals surface area contributed by atoms with Crippen LogP contribution in [-0.4, -0.2) is 11.2 Å². The quantitative estimate of drug-likeness (QED) is 0.469. The van der Waals surface area contributed by atoms with Crippen molar-refractivity contribution in [2.75, 3.05) is 0 Å². The number of nitro benzene ring substituents is 1. The van der Waals surface area contributed by atoms with Gasteiger partial charge >= 0.3 is 0 Å². The molecule has 0 spiro atoms. The first-order valence-electron chi connectivity index (χ1n) is 3.15. The standard InChI is InChI=1S/C7H3BrClNO3/c8-6-2-5(9)1-4(3-11)7(6)10(12)13/h1-3H. The Morgan fingerprint density at radius 2 is 2.15 bits per heavy atom. The zero-order valence-corrected chi connectivity index (χ0v) is 8.50. The van der Waals surface area contributed by atoms with Gasteiger partial charge in [0.25, 0.3) is 5.69 Å². The van der Waals surface area contributed by atoms with Crippen LogP contribution in [0, 0.1) is 10.1 Å². The van der Waals surface area contributed by atoms with E-state index in [4.69, 9.17) is 11.6 Å². The maximum Gasteiger partial charge on any atom is 0.294 e. The molecule has 0 aliphatic carbocycles. The van der Waals surface area contributed by atoms with Gasteiger partial charge in [0.2, 0.25) is 0 Å². The number of halogens is 2. The zero-order valence-electron chi connectivity index (χ0n) is 6.16. The van der Waals surface area contributed by atoms with Crippen LogP contribution >= 0.6 is 27.5 Å². The molecule has 0 aliphatic rings. The fourth-order valence-electron chi connectivity index (χ4n) is 0.868. The highest BCUT2D eigenvalue weighted by Crippen LogP contribution is 2.31. The van der Waals surface area contributed by atoms with Gasteiger partial charge in [-0.1, -0.05) is 11.6 Å². The van der Waals surface area contributed by atoms with E-state index in [-0.39, 0.29) is 20.7 Å². The van der Waals surface area contributed by atoms with E-state index in [1.165, 1.54) is 12.1 Å². The lowest BCUT2D eigenvalue weighted by molar-refractivity contribution is -0.385. The van der Waals surface area contributed by atoms with Crippen LogP contribution in [0.1, 0.15) is 10.4 Å². The molecule has 0 bridgehead atoms. The molecule has 0 aliphatic heterocycles. The molecule has 0 aromatic heterocycles. The van der Waals surface area contributed by atoms with Gasteiger partial charge in [0.15, 0.2) is 6.29 Å². The van der Waals surface area contributed by atoms with Crippen molar-refractivity contribution in [1.82, 2.24) is 0 Å². The number of nitrogens with zero attached hydrogens (tertiary/aromatic N) is 1. The summed E-state index contributed by atoms with van der Waals surface area (Å²) in [5.74, 6) is 0. The van der Waals surface area contributed by atoms with Crippen LogP contribution in [0.5, 0.6) is 0 Å². The molecule has 0 N–H and O–H groups in total. The van der Waals surface area contributed by atoms with Crippen molar-refractivity contribution < 1.29 is 9.72 Å². The van der Waals surface area contributed by atoms with E-state index in [1.54, 1.807) is 0 Å². The molecule has 1 rings (SSSR count). The van der Waals surface area contributed by atoms with Crippen molar-refractivity contribution in [2.45, 2.75) is 0 Å². The highest BCUT2D eigenvalue weighted by molar-refractivity contribution is 9.10. The average Bonchev–Trinajstić information content (AvgIpc) is 2.01. The molecule has 13 heavy (non-hydrogen) atoms. The molecule has 4 nitrogen and oxygen atoms in total. The average molecular weight is 264 g/mol. The lowest BCUT2D eigenvalue weighted by atomic mass is 10.2. The topological polar surface area (TPSA) is 60.2 Å². The molecule has 0 amide bonds. The Bertz CT molecular complexity index is 380. The lowest BCUT2D eigenvalue weighted by Crippen LogP contribution is -1.95. The van der Waals surface area contributed by atoms with Crippen molar-refractivity contribution in [3.05, 3.63) is 37.3 Å². The van der Waals surface area contributed by atoms with Gasteiger partial charge in [0.05, 0.1) is 15.0 Å². The third-order valence-corrected chi connectivity index (χ3v) is 2.19. The molecular formula is C7H3BrClNO3. The summed E-state index contributed by atoms with van der Waals surface area (Å²) in [6.45, 7) is 0. The fraction of sp³-hybridized carbons (Fsp3) is 0. The van der Waals surface area contributed by atoms with Crippen molar-refractivity contribution >= 4 is 39.5 Å². The maximum absolute atomic E-state index is 10.5. The van der Waals surface area contributed by atoms with Crippen LogP contribution in [0.25, 0.3) is 0 Å². The molecule has 1 aromatic carbocycles. The molecule has 0 unspecified atom stereocenters. The molecule has 0 atom stereocenters. The van der Waals surface area contributed by atoms with E-state index in [0.717, 1.165) is 0 Å². The number of nitro groups is 1. The number of carbonyl (C=O) groups is 1. The van der Waals surface area contributed by atoms with E-state index in [0.29, 0.717) is 6.29 Å². The van der Waals surface area contributed by atoms with Crippen LogP contribution in [0.3, 0.4) is 0 Å². The normalized spacial score (nSPS) is 9.69. The highest BCUT2D eigenvalue weighted by atomic mass is 79.9. The summed E-state index contributed by atoms with van der Waals surface area (Å²) in [6, 6.07) is 2.62. The summed E-state index contributed by atoms with van der Waals surface area (Å²) in [5.41, 5.74) is -0.302. The van der Waals surface area contributed by atoms with Gasteiger partial charge in [-0.25, -0.2) is 0 Å². The van der Waals surface area contributed by atoms with Gasteiger partial charge in [-0.05, 0) is 28.1 Å². The summed E-state index contributed by atoms with van der Waals surface area (Å²) in [4.78, 5) is 20.3. The second-order valence-corrected chi connectivity index (χ2v) is 3.49. The third-order valence-electron chi connectivity index (χ3n) is 1.37. The number of rotatable bonds is 2. The summed E-state index contributed by atoms with van der Waals surface area (Å²) in [6.07, 6.45) is 0.398. The third kappa shape index (κ3) is 2.05. The maximum atomic E-state index is 10.5. The van der Waals surface area contributed by atoms with E-state index >= 15 is 0 Å². The Kier molecular flexibility index (Phi) is 3.00. The van der Waals surface area contributed by atoms with Gasteiger partial charge in [-0.15, -0.1) is 0 Å². The summed E-state index contributed by atoms with van der Waals surface area (Å²) in [5, 5.41) is 10.8.